The van der Waals surface area contributed by atoms with Gasteiger partial charge in [-0.3, -0.25) is 0 Å². The van der Waals surface area contributed by atoms with Gasteiger partial charge in [0.05, 0.1) is 19.5 Å². The van der Waals surface area contributed by atoms with Crippen molar-refractivity contribution in [2.45, 2.75) is 187 Å². The first kappa shape index (κ1) is 66.9. The van der Waals surface area contributed by atoms with E-state index in [1.54, 1.807) is 9.75 Å². The molecule has 0 aliphatic heterocycles. The molecule has 2 saturated carbocycles. The second kappa shape index (κ2) is 30.5. The van der Waals surface area contributed by atoms with Gasteiger partial charge >= 0.3 is 0 Å². The molecule has 10 heteroatoms. The van der Waals surface area contributed by atoms with Crippen LogP contribution in [0.4, 0.5) is 0 Å². The Bertz CT molecular complexity index is 4080. The topological polar surface area (TPSA) is 19.4 Å². The highest BCUT2D eigenvalue weighted by Gasteiger charge is 2.32. The Morgan fingerprint density at radius 2 is 0.517 bits per heavy atom. The summed E-state index contributed by atoms with van der Waals surface area (Å²) in [6.45, 7) is 37.5. The molecule has 5 nitrogen and oxygen atoms in total. The van der Waals surface area contributed by atoms with Crippen molar-refractivity contribution in [3.05, 3.63) is 252 Å². The lowest BCUT2D eigenvalue weighted by Crippen LogP contribution is -2.35. The third kappa shape index (κ3) is 15.3. The molecule has 2 fully saturated rings. The van der Waals surface area contributed by atoms with E-state index >= 15 is 0 Å². The Morgan fingerprint density at radius 1 is 0.258 bits per heavy atom. The second-order valence-corrected chi connectivity index (χ2v) is 31.0. The van der Waals surface area contributed by atoms with Crippen LogP contribution in [-0.2, 0) is 0 Å². The zero-order chi connectivity index (χ0) is 63.6. The number of para-hydroxylation sites is 5. The Morgan fingerprint density at radius 3 is 0.820 bits per heavy atom. The van der Waals surface area contributed by atoms with Crippen molar-refractivity contribution in [2.24, 2.45) is 0 Å². The van der Waals surface area contributed by atoms with E-state index in [4.69, 9.17) is 0 Å². The largest absolute Gasteiger partial charge is 0.240 e. The first-order chi connectivity index (χ1) is 42.8. The highest BCUT2D eigenvalue weighted by atomic mass is 32.1. The van der Waals surface area contributed by atoms with Crippen LogP contribution < -0.4 is 22.8 Å². The molecule has 0 spiro atoms. The lowest BCUT2D eigenvalue weighted by atomic mass is 9.87. The van der Waals surface area contributed by atoms with E-state index in [9.17, 15) is 0 Å². The third-order valence-corrected chi connectivity index (χ3v) is 24.2. The van der Waals surface area contributed by atoms with E-state index < -0.39 is 0 Å². The zero-order valence-electron chi connectivity index (χ0n) is 56.2. The minimum absolute atomic E-state index is 0.803. The van der Waals surface area contributed by atoms with Crippen LogP contribution in [0.3, 0.4) is 0 Å². The predicted molar refractivity (Wildman–Crippen MR) is 382 cm³/mol. The number of benzene rings is 6. The van der Waals surface area contributed by atoms with E-state index in [2.05, 4.69) is 292 Å². The quantitative estimate of drug-likeness (QED) is 0.135. The molecule has 0 atom stereocenters. The fourth-order valence-electron chi connectivity index (χ4n) is 13.3. The fourth-order valence-corrected chi connectivity index (χ4v) is 19.0. The summed E-state index contributed by atoms with van der Waals surface area (Å²) in [7, 11) is 0. The summed E-state index contributed by atoms with van der Waals surface area (Å²) in [6, 6.07) is 53.7. The van der Waals surface area contributed by atoms with Gasteiger partial charge in [0.15, 0.2) is 22.8 Å². The number of thiazole rings is 5. The molecule has 0 unspecified atom stereocenters. The molecule has 0 saturated heterocycles. The minimum Gasteiger partial charge on any atom is -0.152 e. The third-order valence-electron chi connectivity index (χ3n) is 18.2. The van der Waals surface area contributed by atoms with Crippen LogP contribution in [0, 0.1) is 118 Å². The molecule has 2 aliphatic rings. The number of hydrogen-bond donors (Lipinski definition) is 0. The average Bonchev–Trinajstić information content (AvgIpc) is 2.56. The summed E-state index contributed by atoms with van der Waals surface area (Å²) in [6.07, 6.45) is 12.6. The monoisotopic (exact) mass is 1270 g/mol. The first-order valence-corrected chi connectivity index (χ1v) is 36.2. The van der Waals surface area contributed by atoms with E-state index in [0.29, 0.717) is 0 Å². The molecule has 13 rings (SSSR count). The maximum atomic E-state index is 2.46. The van der Waals surface area contributed by atoms with Gasteiger partial charge in [0, 0.05) is 127 Å². The molecule has 0 amide bonds. The van der Waals surface area contributed by atoms with Crippen molar-refractivity contribution in [1.29, 1.82) is 0 Å². The molecule has 0 N–H and O–H groups in total. The van der Waals surface area contributed by atoms with Gasteiger partial charge in [-0.1, -0.05) is 210 Å². The van der Waals surface area contributed by atoms with Crippen molar-refractivity contribution < 1.29 is 22.8 Å². The molecule has 11 aromatic rings. The van der Waals surface area contributed by atoms with Crippen LogP contribution in [-0.4, -0.2) is 0 Å². The smallest absolute Gasteiger partial charge is 0.152 e. The molecule has 0 bridgehead atoms. The molecule has 5 aromatic heterocycles. The Hall–Kier alpha value is -6.53. The lowest BCUT2D eigenvalue weighted by Gasteiger charge is -2.19. The summed E-state index contributed by atoms with van der Waals surface area (Å²) in [5.41, 5.74) is 21.5. The highest BCUT2D eigenvalue weighted by Crippen LogP contribution is 2.40. The van der Waals surface area contributed by atoms with Crippen LogP contribution in [0.15, 0.2) is 152 Å². The average molecular weight is 1280 g/mol. The van der Waals surface area contributed by atoms with E-state index in [-0.39, 0.29) is 0 Å². The van der Waals surface area contributed by atoms with Crippen LogP contribution in [0.25, 0.3) is 38.9 Å². The number of rotatable bonds is 8. The summed E-state index contributed by atoms with van der Waals surface area (Å²) in [5, 5.41) is 6.83. The Kier molecular flexibility index (Phi) is 22.9. The highest BCUT2D eigenvalue weighted by molar-refractivity contribution is 7.15. The minimum atomic E-state index is 0.803. The van der Waals surface area contributed by atoms with Crippen molar-refractivity contribution in [2.75, 3.05) is 0 Å². The predicted octanol–water partition coefficient (Wildman–Crippen LogP) is 20.7. The summed E-state index contributed by atoms with van der Waals surface area (Å²) in [4.78, 5) is 7.40. The Balaban J connectivity index is 0.000000133. The zero-order valence-corrected chi connectivity index (χ0v) is 60.3. The number of aromatic nitrogens is 5. The Labute approximate surface area is 554 Å². The van der Waals surface area contributed by atoms with Gasteiger partial charge in [-0.15, -0.1) is 0 Å². The molecule has 0 radical (unpaired) electrons. The molecular formula is C79H96N5S5+5. The van der Waals surface area contributed by atoms with Crippen molar-refractivity contribution in [1.82, 2.24) is 0 Å². The first-order valence-electron chi connectivity index (χ1n) is 32.2. The number of aryl methyl sites for hydroxylation is 12. The second-order valence-electron chi connectivity index (χ2n) is 24.5. The van der Waals surface area contributed by atoms with Crippen molar-refractivity contribution >= 4 is 56.7 Å². The maximum Gasteiger partial charge on any atom is 0.240 e. The van der Waals surface area contributed by atoms with Gasteiger partial charge in [0.2, 0.25) is 59.2 Å². The molecule has 462 valence electrons. The standard InChI is InChI=1S/C18H24NS.C18H18NS.C17H22NS.2C13H16NS/c2*1-13-9-7-8-12-17(13)19-14(2)18(20-15(19)3)16-10-5-4-6-11-16;1-12-8-4-7-11-16(12)18-13(2)17(19-14(18)3)15-9-5-6-10-15;2*1-9-7-5-6-8-13(9)14-10(2)11(3)15-12(14)4/h7-9,12,16H,4-6,10-11H2,1-3H3;4-12H,1-3H3;4,7-8,11,15H,5-6,9-10H2,1-3H3;2*5-8H,1-4H3/q5*+1. The molecule has 5 heterocycles. The van der Waals surface area contributed by atoms with Crippen LogP contribution in [0.1, 0.15) is 170 Å². The summed E-state index contributed by atoms with van der Waals surface area (Å²) < 4.78 is 12.0. The molecule has 89 heavy (non-hydrogen) atoms. The molecule has 6 aromatic carbocycles. The number of nitrogens with zero attached hydrogens (tertiary/aromatic N) is 5. The van der Waals surface area contributed by atoms with Gasteiger partial charge in [0.1, 0.15) is 4.88 Å². The SMILES string of the molecule is Cc1ccccc1-[n+]1c(C)sc(-c2ccccc2)c1C.Cc1ccccc1-[n+]1c(C)sc(C)c1C.Cc1ccccc1-[n+]1c(C)sc(C)c1C.Cc1ccccc1-[n+]1c(C)sc(C2CCCC2)c1C.Cc1ccccc1-[n+]1c(C)sc(C2CCCCC2)c1C. The lowest BCUT2D eigenvalue weighted by molar-refractivity contribution is -0.604. The van der Waals surface area contributed by atoms with Crippen molar-refractivity contribution in [3.8, 4) is 38.9 Å². The van der Waals surface area contributed by atoms with E-state index in [0.717, 1.165) is 11.8 Å². The van der Waals surface area contributed by atoms with Crippen LogP contribution >= 0.6 is 56.7 Å². The number of hydrogen-bond acceptors (Lipinski definition) is 5. The van der Waals surface area contributed by atoms with Crippen molar-refractivity contribution in [3.63, 3.8) is 0 Å². The normalized spacial score (nSPS) is 13.2. The van der Waals surface area contributed by atoms with E-state index in [1.165, 1.54) is 188 Å². The van der Waals surface area contributed by atoms with Gasteiger partial charge in [0.25, 0.3) is 0 Å². The fraction of sp³-hybridized carbons (Fsp3) is 0.354. The van der Waals surface area contributed by atoms with E-state index in [1.807, 2.05) is 56.7 Å². The molecule has 2 aliphatic carbocycles. The van der Waals surface area contributed by atoms with Crippen LogP contribution in [0.5, 0.6) is 0 Å². The molecular weight excluding hydrogens is 1180 g/mol. The maximum absolute atomic E-state index is 2.46. The van der Waals surface area contributed by atoms with Gasteiger partial charge in [-0.05, 0) is 91.5 Å². The van der Waals surface area contributed by atoms with Gasteiger partial charge in [-0.25, -0.2) is 0 Å². The van der Waals surface area contributed by atoms with Gasteiger partial charge < -0.3 is 0 Å². The summed E-state index contributed by atoms with van der Waals surface area (Å²) in [5.74, 6) is 1.62. The van der Waals surface area contributed by atoms with Gasteiger partial charge in [-0.2, -0.15) is 22.8 Å². The van der Waals surface area contributed by atoms with Crippen LogP contribution in [0.2, 0.25) is 0 Å². The summed E-state index contributed by atoms with van der Waals surface area (Å²) >= 11 is 9.60.